The summed E-state index contributed by atoms with van der Waals surface area (Å²) in [6, 6.07) is 17.3. The molecule has 0 saturated carbocycles. The Morgan fingerprint density at radius 3 is 2.47 bits per heavy atom. The summed E-state index contributed by atoms with van der Waals surface area (Å²) in [6.07, 6.45) is 0.0470. The highest BCUT2D eigenvalue weighted by molar-refractivity contribution is 6.32. The fourth-order valence-electron chi connectivity index (χ4n) is 4.13. The Balaban J connectivity index is 1.34. The molecular formula is C30H29ClN4O8. The molecule has 1 N–H and O–H groups in total. The van der Waals surface area contributed by atoms with Crippen molar-refractivity contribution in [2.24, 2.45) is 5.10 Å². The zero-order chi connectivity index (χ0) is 31.1. The maximum Gasteiger partial charge on any atom is 0.347 e. The van der Waals surface area contributed by atoms with Gasteiger partial charge in [0.15, 0.2) is 11.9 Å². The van der Waals surface area contributed by atoms with Crippen molar-refractivity contribution in [2.75, 3.05) is 6.61 Å². The van der Waals surface area contributed by atoms with E-state index < -0.39 is 28.6 Å². The molecule has 0 bridgehead atoms. The van der Waals surface area contributed by atoms with Crippen LogP contribution in [0.25, 0.3) is 5.69 Å². The Hall–Kier alpha value is -5.10. The van der Waals surface area contributed by atoms with E-state index in [1.54, 1.807) is 13.0 Å². The van der Waals surface area contributed by atoms with Crippen LogP contribution in [0.5, 0.6) is 11.5 Å². The van der Waals surface area contributed by atoms with Crippen LogP contribution in [0.3, 0.4) is 0 Å². The third-order valence-electron chi connectivity index (χ3n) is 6.17. The number of carbonyl (C=O) groups excluding carboxylic acids is 2. The summed E-state index contributed by atoms with van der Waals surface area (Å²) in [5.74, 6) is -0.580. The summed E-state index contributed by atoms with van der Waals surface area (Å²) in [5.41, 5.74) is 5.30. The smallest absolute Gasteiger partial charge is 0.347 e. The lowest BCUT2D eigenvalue weighted by Crippen LogP contribution is -2.26. The number of carbonyl (C=O) groups is 2. The molecule has 4 rings (SSSR count). The van der Waals surface area contributed by atoms with Gasteiger partial charge in [-0.1, -0.05) is 11.6 Å². The minimum absolute atomic E-state index is 0.00892. The molecule has 224 valence electrons. The van der Waals surface area contributed by atoms with E-state index in [4.69, 9.17) is 30.2 Å². The van der Waals surface area contributed by atoms with Gasteiger partial charge in [-0.2, -0.15) is 5.10 Å². The van der Waals surface area contributed by atoms with E-state index in [2.05, 4.69) is 27.2 Å². The number of amides is 1. The van der Waals surface area contributed by atoms with Crippen LogP contribution in [0, 0.1) is 24.0 Å². The molecule has 0 unspecified atom stereocenters. The summed E-state index contributed by atoms with van der Waals surface area (Å²) in [7, 11) is 0. The molecule has 0 aliphatic rings. The number of hydrogen-bond donors (Lipinski definition) is 1. The summed E-state index contributed by atoms with van der Waals surface area (Å²) < 4.78 is 23.7. The van der Waals surface area contributed by atoms with Crippen LogP contribution in [0.15, 0.2) is 70.2 Å². The first-order chi connectivity index (χ1) is 20.6. The summed E-state index contributed by atoms with van der Waals surface area (Å²) in [4.78, 5) is 35.3. The van der Waals surface area contributed by atoms with E-state index in [0.29, 0.717) is 11.5 Å². The lowest BCUT2D eigenvalue weighted by Gasteiger charge is -2.14. The minimum atomic E-state index is -1.12. The molecule has 2 aromatic heterocycles. The highest BCUT2D eigenvalue weighted by Crippen LogP contribution is 2.36. The van der Waals surface area contributed by atoms with E-state index in [1.165, 1.54) is 25.3 Å². The Labute approximate surface area is 252 Å². The molecule has 0 spiro atoms. The quantitative estimate of drug-likeness (QED) is 0.0901. The van der Waals surface area contributed by atoms with Crippen molar-refractivity contribution in [3.63, 3.8) is 0 Å². The maximum atomic E-state index is 12.5. The molecule has 2 aromatic carbocycles. The predicted molar refractivity (Wildman–Crippen MR) is 158 cm³/mol. The van der Waals surface area contributed by atoms with Gasteiger partial charge in [-0.3, -0.25) is 14.9 Å². The van der Waals surface area contributed by atoms with Gasteiger partial charge in [0.2, 0.25) is 5.75 Å². The van der Waals surface area contributed by atoms with Gasteiger partial charge in [0, 0.05) is 28.7 Å². The molecule has 0 aliphatic heterocycles. The second kappa shape index (κ2) is 13.7. The minimum Gasteiger partial charge on any atom is -0.486 e. The van der Waals surface area contributed by atoms with Crippen molar-refractivity contribution < 1.29 is 33.1 Å². The van der Waals surface area contributed by atoms with E-state index >= 15 is 0 Å². The van der Waals surface area contributed by atoms with Gasteiger partial charge in [0.25, 0.3) is 0 Å². The van der Waals surface area contributed by atoms with Crippen LogP contribution >= 0.6 is 11.6 Å². The van der Waals surface area contributed by atoms with E-state index in [0.717, 1.165) is 23.1 Å². The summed E-state index contributed by atoms with van der Waals surface area (Å²) in [6.45, 7) is 7.32. The number of nitrogens with zero attached hydrogens (tertiary/aromatic N) is 3. The molecular weight excluding hydrogens is 580 g/mol. The number of ether oxygens (including phenoxy) is 3. The molecule has 4 aromatic rings. The number of nitrogens with one attached hydrogen (secondary N) is 1. The molecule has 0 radical (unpaired) electrons. The maximum absolute atomic E-state index is 12.5. The van der Waals surface area contributed by atoms with Gasteiger partial charge in [-0.25, -0.2) is 10.2 Å². The first kappa shape index (κ1) is 30.8. The number of nitro benzene ring substituents is 1. The van der Waals surface area contributed by atoms with Crippen molar-refractivity contribution in [3.8, 4) is 17.2 Å². The normalized spacial score (nSPS) is 11.7. The van der Waals surface area contributed by atoms with Crippen molar-refractivity contribution in [3.05, 3.63) is 104 Å². The molecule has 2 heterocycles. The molecule has 0 saturated heterocycles. The predicted octanol–water partition coefficient (Wildman–Crippen LogP) is 5.92. The van der Waals surface area contributed by atoms with Gasteiger partial charge in [0.1, 0.15) is 18.1 Å². The van der Waals surface area contributed by atoms with Crippen LogP contribution in [0.1, 0.15) is 47.1 Å². The Morgan fingerprint density at radius 1 is 1.12 bits per heavy atom. The van der Waals surface area contributed by atoms with Crippen molar-refractivity contribution in [1.82, 2.24) is 9.99 Å². The van der Waals surface area contributed by atoms with Crippen LogP contribution < -0.4 is 14.9 Å². The largest absolute Gasteiger partial charge is 0.486 e. The number of benzene rings is 2. The molecule has 0 fully saturated rings. The second-order valence-electron chi connectivity index (χ2n) is 9.32. The van der Waals surface area contributed by atoms with E-state index in [-0.39, 0.29) is 35.3 Å². The van der Waals surface area contributed by atoms with Crippen molar-refractivity contribution >= 4 is 35.4 Å². The van der Waals surface area contributed by atoms with Crippen molar-refractivity contribution in [1.29, 1.82) is 0 Å². The lowest BCUT2D eigenvalue weighted by atomic mass is 10.2. The number of hydrogen-bond acceptors (Lipinski definition) is 9. The zero-order valence-electron chi connectivity index (χ0n) is 23.8. The Kier molecular flexibility index (Phi) is 9.83. The first-order valence-corrected chi connectivity index (χ1v) is 13.6. The first-order valence-electron chi connectivity index (χ1n) is 13.2. The fraction of sp³-hybridized carbons (Fsp3) is 0.233. The van der Waals surface area contributed by atoms with Crippen LogP contribution in [-0.2, 0) is 16.1 Å². The third kappa shape index (κ3) is 7.60. The number of aryl methyl sites for hydroxylation is 2. The highest BCUT2D eigenvalue weighted by atomic mass is 35.5. The summed E-state index contributed by atoms with van der Waals surface area (Å²) in [5, 5.41) is 15.3. The van der Waals surface area contributed by atoms with Gasteiger partial charge in [-0.15, -0.1) is 0 Å². The van der Waals surface area contributed by atoms with Crippen molar-refractivity contribution in [2.45, 2.75) is 40.4 Å². The van der Waals surface area contributed by atoms with Gasteiger partial charge >= 0.3 is 17.6 Å². The molecule has 12 nitrogen and oxygen atoms in total. The average molecular weight is 609 g/mol. The molecule has 43 heavy (non-hydrogen) atoms. The van der Waals surface area contributed by atoms with Crippen LogP contribution in [-0.4, -0.2) is 40.3 Å². The third-order valence-corrected chi connectivity index (χ3v) is 6.45. The topological polar surface area (TPSA) is 147 Å². The molecule has 13 heteroatoms. The van der Waals surface area contributed by atoms with Gasteiger partial charge in [-0.05, 0) is 82.3 Å². The number of halogens is 1. The number of hydrazone groups is 1. The Morgan fingerprint density at radius 2 is 1.81 bits per heavy atom. The fourth-order valence-corrected chi connectivity index (χ4v) is 4.40. The molecule has 1 amide bonds. The van der Waals surface area contributed by atoms with Crippen LogP contribution in [0.2, 0.25) is 5.02 Å². The van der Waals surface area contributed by atoms with Crippen LogP contribution in [0.4, 0.5) is 5.69 Å². The van der Waals surface area contributed by atoms with E-state index in [9.17, 15) is 19.7 Å². The number of esters is 1. The standard InChI is InChI=1S/C30H29ClN4O8/c1-5-40-30(37)20(4)42-28-25(31)14-21(15-26(28)35(38)39)16-32-33-29(36)27-13-12-24(43-27)17-41-23-10-8-22(9-11-23)34-18(2)6-7-19(34)3/h6-16,20H,5,17H2,1-4H3,(H,33,36)/b32-16+/t20-/m1/s1. The molecule has 0 aliphatic carbocycles. The SMILES string of the molecule is CCOC(=O)[C@@H](C)Oc1c(Cl)cc(/C=N/NC(=O)c2ccc(COc3ccc(-n4c(C)ccc4C)cc3)o2)cc1[N+](=O)[O-]. The average Bonchev–Trinajstić information content (AvgIpc) is 3.59. The lowest BCUT2D eigenvalue weighted by molar-refractivity contribution is -0.386. The second-order valence-corrected chi connectivity index (χ2v) is 9.73. The molecule has 1 atom stereocenters. The van der Waals surface area contributed by atoms with Gasteiger partial charge in [0.05, 0.1) is 22.8 Å². The Bertz CT molecular complexity index is 1640. The summed E-state index contributed by atoms with van der Waals surface area (Å²) >= 11 is 6.20. The zero-order valence-corrected chi connectivity index (χ0v) is 24.6. The number of aromatic nitrogens is 1. The monoisotopic (exact) mass is 608 g/mol. The number of nitro groups is 1. The van der Waals surface area contributed by atoms with Gasteiger partial charge < -0.3 is 23.2 Å². The number of rotatable bonds is 12. The van der Waals surface area contributed by atoms with E-state index in [1.807, 2.05) is 38.1 Å². The number of furan rings is 1. The highest BCUT2D eigenvalue weighted by Gasteiger charge is 2.25.